The first-order valence-electron chi connectivity index (χ1n) is 7.84. The predicted molar refractivity (Wildman–Crippen MR) is 90.9 cm³/mol. The second-order valence-corrected chi connectivity index (χ2v) is 5.84. The molecule has 2 N–H and O–H groups in total. The Hall–Kier alpha value is -2.74. The molecule has 8 nitrogen and oxygen atoms in total. The summed E-state index contributed by atoms with van der Waals surface area (Å²) in [4.78, 5) is 30.3. The molecule has 0 atom stereocenters. The quantitative estimate of drug-likeness (QED) is 0.666. The lowest BCUT2D eigenvalue weighted by Crippen LogP contribution is -2.36. The molecule has 0 spiro atoms. The van der Waals surface area contributed by atoms with E-state index in [4.69, 9.17) is 5.73 Å². The van der Waals surface area contributed by atoms with E-state index < -0.39 is 4.92 Å². The number of hydrogen-bond donors (Lipinski definition) is 1. The van der Waals surface area contributed by atoms with Gasteiger partial charge in [-0.25, -0.2) is 4.98 Å². The van der Waals surface area contributed by atoms with Crippen molar-refractivity contribution in [2.45, 2.75) is 6.42 Å². The Kier molecular flexibility index (Phi) is 4.57. The van der Waals surface area contributed by atoms with Crippen molar-refractivity contribution in [3.05, 3.63) is 40.6 Å². The van der Waals surface area contributed by atoms with Crippen LogP contribution in [-0.4, -0.2) is 53.4 Å². The zero-order chi connectivity index (χ0) is 17.1. The van der Waals surface area contributed by atoms with Gasteiger partial charge in [0, 0.05) is 49.5 Å². The molecule has 0 unspecified atom stereocenters. The highest BCUT2D eigenvalue weighted by Gasteiger charge is 2.20. The fraction of sp³-hybridized carbons (Fsp3) is 0.375. The number of pyridine rings is 1. The molecule has 1 fully saturated rings. The third-order valence-corrected chi connectivity index (χ3v) is 4.23. The number of para-hydroxylation sites is 1. The zero-order valence-corrected chi connectivity index (χ0v) is 13.2. The summed E-state index contributed by atoms with van der Waals surface area (Å²) < 4.78 is 0. The van der Waals surface area contributed by atoms with Crippen LogP contribution >= 0.6 is 0 Å². The van der Waals surface area contributed by atoms with Crippen LogP contribution in [0.1, 0.15) is 6.42 Å². The summed E-state index contributed by atoms with van der Waals surface area (Å²) in [5.41, 5.74) is 6.62. The van der Waals surface area contributed by atoms with Gasteiger partial charge in [-0.15, -0.1) is 0 Å². The summed E-state index contributed by atoms with van der Waals surface area (Å²) in [6.45, 7) is 3.34. The van der Waals surface area contributed by atoms with Gasteiger partial charge < -0.3 is 10.6 Å². The molecule has 2 aromatic rings. The maximum absolute atomic E-state index is 11.2. The highest BCUT2D eigenvalue weighted by Crippen LogP contribution is 2.31. The summed E-state index contributed by atoms with van der Waals surface area (Å²) in [7, 11) is 0. The number of hydrogen-bond acceptors (Lipinski definition) is 6. The number of benzene rings is 1. The molecule has 2 heterocycles. The number of primary amides is 1. The van der Waals surface area contributed by atoms with Crippen LogP contribution in [0.4, 0.5) is 11.4 Å². The molecular formula is C16H19N5O3. The lowest BCUT2D eigenvalue weighted by atomic mass is 10.1. The summed E-state index contributed by atoms with van der Waals surface area (Å²) in [6, 6.07) is 6.89. The molecule has 1 aliphatic rings. The number of fused-ring (bicyclic) bond motifs is 1. The number of nitrogens with zero attached hydrogens (tertiary/aromatic N) is 4. The first-order valence-corrected chi connectivity index (χ1v) is 7.84. The van der Waals surface area contributed by atoms with Crippen LogP contribution in [0.5, 0.6) is 0 Å². The molecule has 0 radical (unpaired) electrons. The number of carbonyl (C=O) groups is 1. The van der Waals surface area contributed by atoms with Gasteiger partial charge in [0.15, 0.2) is 0 Å². The van der Waals surface area contributed by atoms with Crippen LogP contribution in [-0.2, 0) is 4.79 Å². The van der Waals surface area contributed by atoms with E-state index in [9.17, 15) is 14.9 Å². The number of carbonyl (C=O) groups excluding carboxylic acids is 1. The van der Waals surface area contributed by atoms with Gasteiger partial charge in [0.2, 0.25) is 5.91 Å². The van der Waals surface area contributed by atoms with E-state index in [0.29, 0.717) is 5.52 Å². The topological polar surface area (TPSA) is 106 Å². The van der Waals surface area contributed by atoms with Gasteiger partial charge in [0.05, 0.1) is 11.5 Å². The summed E-state index contributed by atoms with van der Waals surface area (Å²) in [5, 5.41) is 12.0. The van der Waals surface area contributed by atoms with Gasteiger partial charge in [-0.05, 0) is 12.5 Å². The van der Waals surface area contributed by atoms with Crippen LogP contribution in [0.15, 0.2) is 30.5 Å². The van der Waals surface area contributed by atoms with Crippen molar-refractivity contribution in [2.24, 2.45) is 5.73 Å². The highest BCUT2D eigenvalue weighted by molar-refractivity contribution is 5.96. The predicted octanol–water partition coefficient (Wildman–Crippen LogP) is 1.14. The normalized spacial score (nSPS) is 16.1. The minimum absolute atomic E-state index is 0.0135. The number of anilines is 1. The standard InChI is InChI=1S/C16H19N5O3/c17-15(22)11-19-7-2-8-20(10-9-19)13-5-6-18-16-12(13)3-1-4-14(16)21(23)24/h1,3-6H,2,7-11H2,(H2,17,22). The Morgan fingerprint density at radius 1 is 1.25 bits per heavy atom. The monoisotopic (exact) mass is 329 g/mol. The number of nitro benzene ring substituents is 1. The van der Waals surface area contributed by atoms with Crippen molar-refractivity contribution < 1.29 is 9.72 Å². The Bertz CT molecular complexity index is 779. The zero-order valence-electron chi connectivity index (χ0n) is 13.2. The largest absolute Gasteiger partial charge is 0.370 e. The third kappa shape index (κ3) is 3.28. The van der Waals surface area contributed by atoms with Gasteiger partial charge in [-0.1, -0.05) is 12.1 Å². The van der Waals surface area contributed by atoms with E-state index in [0.717, 1.165) is 43.7 Å². The van der Waals surface area contributed by atoms with Crippen LogP contribution in [0, 0.1) is 10.1 Å². The molecule has 1 aromatic heterocycles. The Morgan fingerprint density at radius 2 is 2.08 bits per heavy atom. The maximum atomic E-state index is 11.2. The van der Waals surface area contributed by atoms with Gasteiger partial charge in [0.1, 0.15) is 5.52 Å². The lowest BCUT2D eigenvalue weighted by molar-refractivity contribution is -0.383. The van der Waals surface area contributed by atoms with Crippen molar-refractivity contribution in [1.82, 2.24) is 9.88 Å². The molecule has 3 rings (SSSR count). The molecule has 1 aromatic carbocycles. The number of rotatable bonds is 4. The van der Waals surface area contributed by atoms with E-state index in [1.165, 1.54) is 6.07 Å². The van der Waals surface area contributed by atoms with Crippen LogP contribution < -0.4 is 10.6 Å². The van der Waals surface area contributed by atoms with Crippen LogP contribution in [0.2, 0.25) is 0 Å². The molecule has 1 amide bonds. The van der Waals surface area contributed by atoms with Crippen molar-refractivity contribution in [3.63, 3.8) is 0 Å². The molecule has 0 bridgehead atoms. The van der Waals surface area contributed by atoms with Crippen LogP contribution in [0.25, 0.3) is 10.9 Å². The van der Waals surface area contributed by atoms with E-state index in [1.54, 1.807) is 12.3 Å². The number of aromatic nitrogens is 1. The minimum Gasteiger partial charge on any atom is -0.370 e. The summed E-state index contributed by atoms with van der Waals surface area (Å²) >= 11 is 0. The fourth-order valence-corrected chi connectivity index (χ4v) is 3.16. The maximum Gasteiger partial charge on any atom is 0.295 e. The van der Waals surface area contributed by atoms with E-state index >= 15 is 0 Å². The van der Waals surface area contributed by atoms with E-state index in [-0.39, 0.29) is 18.1 Å². The number of nitrogens with two attached hydrogens (primary N) is 1. The van der Waals surface area contributed by atoms with Crippen molar-refractivity contribution in [3.8, 4) is 0 Å². The Labute approximate surface area is 139 Å². The van der Waals surface area contributed by atoms with Crippen molar-refractivity contribution in [2.75, 3.05) is 37.6 Å². The molecule has 0 aliphatic carbocycles. The Balaban J connectivity index is 1.91. The SMILES string of the molecule is NC(=O)CN1CCCN(c2ccnc3c([N+](=O)[O-])cccc23)CC1. The summed E-state index contributed by atoms with van der Waals surface area (Å²) in [5.74, 6) is -0.326. The second kappa shape index (κ2) is 6.79. The van der Waals surface area contributed by atoms with Gasteiger partial charge in [-0.3, -0.25) is 19.8 Å². The smallest absolute Gasteiger partial charge is 0.295 e. The van der Waals surface area contributed by atoms with E-state index in [2.05, 4.69) is 9.88 Å². The summed E-state index contributed by atoms with van der Waals surface area (Å²) in [6.07, 6.45) is 2.50. The Morgan fingerprint density at radius 3 is 2.83 bits per heavy atom. The van der Waals surface area contributed by atoms with E-state index in [1.807, 2.05) is 17.0 Å². The number of amides is 1. The molecule has 1 saturated heterocycles. The van der Waals surface area contributed by atoms with Crippen molar-refractivity contribution in [1.29, 1.82) is 0 Å². The number of non-ortho nitro benzene ring substituents is 1. The molecule has 24 heavy (non-hydrogen) atoms. The minimum atomic E-state index is -0.407. The molecule has 126 valence electrons. The highest BCUT2D eigenvalue weighted by atomic mass is 16.6. The fourth-order valence-electron chi connectivity index (χ4n) is 3.16. The van der Waals surface area contributed by atoms with Gasteiger partial charge in [0.25, 0.3) is 5.69 Å². The number of nitro groups is 1. The molecular weight excluding hydrogens is 310 g/mol. The molecule has 1 aliphatic heterocycles. The van der Waals surface area contributed by atoms with Gasteiger partial charge >= 0.3 is 0 Å². The second-order valence-electron chi connectivity index (χ2n) is 5.84. The third-order valence-electron chi connectivity index (χ3n) is 4.23. The van der Waals surface area contributed by atoms with Gasteiger partial charge in [-0.2, -0.15) is 0 Å². The first-order chi connectivity index (χ1) is 11.6. The van der Waals surface area contributed by atoms with Crippen LogP contribution in [0.3, 0.4) is 0 Å². The first kappa shape index (κ1) is 16.1. The average molecular weight is 329 g/mol. The van der Waals surface area contributed by atoms with Crippen molar-refractivity contribution >= 4 is 28.2 Å². The molecule has 8 heteroatoms. The average Bonchev–Trinajstić information content (AvgIpc) is 2.78. The lowest BCUT2D eigenvalue weighted by Gasteiger charge is -2.24. The molecule has 0 saturated carbocycles.